The summed E-state index contributed by atoms with van der Waals surface area (Å²) < 4.78 is 32.0. The second kappa shape index (κ2) is 6.05. The normalized spacial score (nSPS) is 51.5. The number of allylic oxidation sites excluding steroid dienone is 4. The van der Waals surface area contributed by atoms with Gasteiger partial charge in [0.1, 0.15) is 18.0 Å². The summed E-state index contributed by atoms with van der Waals surface area (Å²) in [5.41, 5.74) is -6.77. The highest BCUT2D eigenvalue weighted by atomic mass is 19.1. The fourth-order valence-corrected chi connectivity index (χ4v) is 7.14. The Morgan fingerprint density at radius 1 is 1.34 bits per heavy atom. The Kier molecular flexibility index (Phi) is 4.34. The van der Waals surface area contributed by atoms with E-state index in [4.69, 9.17) is 0 Å². The molecular formula is C22H28F2O5. The summed E-state index contributed by atoms with van der Waals surface area (Å²) in [6.45, 7) is 3.99. The molecule has 2 saturated carbocycles. The summed E-state index contributed by atoms with van der Waals surface area (Å²) >= 11 is 0. The third kappa shape index (κ3) is 2.19. The fraction of sp³-hybridized carbons (Fsp3) is 0.727. The van der Waals surface area contributed by atoms with Crippen LogP contribution in [0.4, 0.5) is 8.78 Å². The average Bonchev–Trinajstić information content (AvgIpc) is 2.86. The molecule has 0 aromatic carbocycles. The first-order valence-corrected chi connectivity index (χ1v) is 10.2. The standard InChI is InChI=1S/C22H28F2O5/c1-11-6-13-14-8-16(23)15-7-12(26)4-5-19(15,2)21(14,24)17(27)9-20(13,3)22(11,29)18(28)10-25/h7-8,11,13-14,17,25,27,29H,4-6,9-10H2,1-3H3/t11?,13-,14-,17?,19-,20-,21-,22-/m0/s1. The zero-order valence-electron chi connectivity index (χ0n) is 16.9. The van der Waals surface area contributed by atoms with Crippen LogP contribution in [0.25, 0.3) is 0 Å². The van der Waals surface area contributed by atoms with Crippen LogP contribution in [0.3, 0.4) is 0 Å². The maximum Gasteiger partial charge on any atom is 0.190 e. The van der Waals surface area contributed by atoms with E-state index in [1.54, 1.807) is 20.8 Å². The monoisotopic (exact) mass is 410 g/mol. The van der Waals surface area contributed by atoms with E-state index >= 15 is 8.78 Å². The van der Waals surface area contributed by atoms with Gasteiger partial charge in [-0.25, -0.2) is 8.78 Å². The first-order chi connectivity index (χ1) is 13.4. The van der Waals surface area contributed by atoms with Crippen LogP contribution in [0.1, 0.15) is 46.5 Å². The molecule has 0 aliphatic heterocycles. The first-order valence-electron chi connectivity index (χ1n) is 10.2. The van der Waals surface area contributed by atoms with Crippen molar-refractivity contribution >= 4 is 11.6 Å². The molecule has 0 radical (unpaired) electrons. The minimum absolute atomic E-state index is 0.0112. The largest absolute Gasteiger partial charge is 0.390 e. The molecular weight excluding hydrogens is 382 g/mol. The van der Waals surface area contributed by atoms with Crippen LogP contribution >= 0.6 is 0 Å². The number of carbonyl (C=O) groups excluding carboxylic acids is 2. The lowest BCUT2D eigenvalue weighted by Gasteiger charge is -2.61. The lowest BCUT2D eigenvalue weighted by molar-refractivity contribution is -0.213. The quantitative estimate of drug-likeness (QED) is 0.649. The zero-order valence-corrected chi connectivity index (χ0v) is 16.9. The number of fused-ring (bicyclic) bond motifs is 5. The van der Waals surface area contributed by atoms with Crippen molar-refractivity contribution in [3.63, 3.8) is 0 Å². The number of hydrogen-bond donors (Lipinski definition) is 3. The summed E-state index contributed by atoms with van der Waals surface area (Å²) in [4.78, 5) is 24.4. The molecule has 4 aliphatic rings. The van der Waals surface area contributed by atoms with E-state index in [2.05, 4.69) is 0 Å². The van der Waals surface area contributed by atoms with Crippen molar-refractivity contribution in [3.8, 4) is 0 Å². The number of ketones is 2. The predicted octanol–water partition coefficient (Wildman–Crippen LogP) is 2.19. The molecule has 4 rings (SSSR count). The third-order valence-corrected chi connectivity index (χ3v) is 8.80. The fourth-order valence-electron chi connectivity index (χ4n) is 7.14. The van der Waals surface area contributed by atoms with Crippen molar-refractivity contribution < 1.29 is 33.7 Å². The zero-order chi connectivity index (χ0) is 21.6. The molecule has 7 heteroatoms. The smallest absolute Gasteiger partial charge is 0.190 e. The van der Waals surface area contributed by atoms with E-state index in [-0.39, 0.29) is 37.0 Å². The molecule has 0 bridgehead atoms. The van der Waals surface area contributed by atoms with Gasteiger partial charge in [-0.3, -0.25) is 9.59 Å². The highest BCUT2D eigenvalue weighted by Crippen LogP contribution is 2.70. The molecule has 8 atom stereocenters. The predicted molar refractivity (Wildman–Crippen MR) is 100.0 cm³/mol. The topological polar surface area (TPSA) is 94.8 Å². The number of hydrogen-bond acceptors (Lipinski definition) is 5. The van der Waals surface area contributed by atoms with Gasteiger partial charge in [0, 0.05) is 28.7 Å². The van der Waals surface area contributed by atoms with Crippen LogP contribution in [-0.4, -0.2) is 50.9 Å². The van der Waals surface area contributed by atoms with Crippen molar-refractivity contribution in [2.24, 2.45) is 28.6 Å². The van der Waals surface area contributed by atoms with Crippen LogP contribution in [-0.2, 0) is 9.59 Å². The SMILES string of the molecule is CC1C[C@H]2[C@@H]3C=C(F)C4=CC(=O)CC[C@]4(C)[C@@]3(F)C(O)C[C@]2(C)[C@@]1(O)C(=O)CO. The van der Waals surface area contributed by atoms with Crippen molar-refractivity contribution in [2.45, 2.75) is 63.8 Å². The van der Waals surface area contributed by atoms with E-state index < -0.39 is 64.2 Å². The molecule has 0 spiro atoms. The Morgan fingerprint density at radius 3 is 2.62 bits per heavy atom. The number of Topliss-reactive ketones (excluding diaryl/α,β-unsaturated/α-hetero) is 1. The second-order valence-corrected chi connectivity index (χ2v) is 9.89. The third-order valence-electron chi connectivity index (χ3n) is 8.80. The van der Waals surface area contributed by atoms with Crippen LogP contribution < -0.4 is 0 Å². The van der Waals surface area contributed by atoms with Gasteiger partial charge < -0.3 is 15.3 Å². The van der Waals surface area contributed by atoms with E-state index in [0.29, 0.717) is 0 Å². The van der Waals surface area contributed by atoms with Gasteiger partial charge in [0.2, 0.25) is 0 Å². The molecule has 3 N–H and O–H groups in total. The number of aliphatic hydroxyl groups excluding tert-OH is 2. The number of halogens is 2. The number of carbonyl (C=O) groups is 2. The van der Waals surface area contributed by atoms with E-state index in [1.165, 1.54) is 0 Å². The Bertz CT molecular complexity index is 852. The molecule has 2 fully saturated rings. The molecule has 0 aromatic rings. The first kappa shape index (κ1) is 20.8. The van der Waals surface area contributed by atoms with Gasteiger partial charge in [0.05, 0.1) is 6.10 Å². The Balaban J connectivity index is 1.91. The summed E-state index contributed by atoms with van der Waals surface area (Å²) in [5.74, 6) is -3.95. The Morgan fingerprint density at radius 2 is 2.00 bits per heavy atom. The van der Waals surface area contributed by atoms with Crippen LogP contribution in [0, 0.1) is 28.6 Å². The minimum atomic E-state index is -2.23. The molecule has 5 nitrogen and oxygen atoms in total. The number of aliphatic hydroxyl groups is 3. The van der Waals surface area contributed by atoms with Crippen molar-refractivity contribution in [3.05, 3.63) is 23.6 Å². The van der Waals surface area contributed by atoms with Gasteiger partial charge in [-0.15, -0.1) is 0 Å². The van der Waals surface area contributed by atoms with Crippen molar-refractivity contribution in [2.75, 3.05) is 6.61 Å². The van der Waals surface area contributed by atoms with E-state index in [9.17, 15) is 24.9 Å². The number of alkyl halides is 1. The molecule has 160 valence electrons. The van der Waals surface area contributed by atoms with Crippen molar-refractivity contribution in [1.29, 1.82) is 0 Å². The lowest BCUT2D eigenvalue weighted by atomic mass is 9.45. The lowest BCUT2D eigenvalue weighted by Crippen LogP contribution is -2.69. The molecule has 29 heavy (non-hydrogen) atoms. The molecule has 0 saturated heterocycles. The summed E-state index contributed by atoms with van der Waals surface area (Å²) in [5, 5.41) is 31.9. The van der Waals surface area contributed by atoms with Crippen LogP contribution in [0.15, 0.2) is 23.6 Å². The van der Waals surface area contributed by atoms with Gasteiger partial charge in [-0.1, -0.05) is 20.8 Å². The van der Waals surface area contributed by atoms with E-state index in [1.807, 2.05) is 0 Å². The highest BCUT2D eigenvalue weighted by Gasteiger charge is 2.75. The maximum atomic E-state index is 16.9. The average molecular weight is 410 g/mol. The van der Waals surface area contributed by atoms with Gasteiger partial charge in [-0.2, -0.15) is 0 Å². The minimum Gasteiger partial charge on any atom is -0.390 e. The molecule has 0 amide bonds. The van der Waals surface area contributed by atoms with E-state index in [0.717, 1.165) is 12.2 Å². The Hall–Kier alpha value is -1.44. The van der Waals surface area contributed by atoms with Crippen molar-refractivity contribution in [1.82, 2.24) is 0 Å². The molecule has 0 aromatic heterocycles. The van der Waals surface area contributed by atoms with Gasteiger partial charge in [-0.05, 0) is 43.3 Å². The van der Waals surface area contributed by atoms with Gasteiger partial charge in [0.15, 0.2) is 17.2 Å². The molecule has 4 aliphatic carbocycles. The van der Waals surface area contributed by atoms with Crippen LogP contribution in [0.2, 0.25) is 0 Å². The van der Waals surface area contributed by atoms with Gasteiger partial charge in [0.25, 0.3) is 0 Å². The highest BCUT2D eigenvalue weighted by molar-refractivity contribution is 5.93. The Labute approximate surface area is 168 Å². The van der Waals surface area contributed by atoms with Crippen LogP contribution in [0.5, 0.6) is 0 Å². The maximum absolute atomic E-state index is 16.9. The molecule has 0 heterocycles. The summed E-state index contributed by atoms with van der Waals surface area (Å²) in [6, 6.07) is 0. The summed E-state index contributed by atoms with van der Waals surface area (Å²) in [7, 11) is 0. The summed E-state index contributed by atoms with van der Waals surface area (Å²) in [6.07, 6.45) is 0.952. The second-order valence-electron chi connectivity index (χ2n) is 9.89. The number of rotatable bonds is 2. The molecule has 2 unspecified atom stereocenters. The van der Waals surface area contributed by atoms with Gasteiger partial charge >= 0.3 is 0 Å².